The van der Waals surface area contributed by atoms with Gasteiger partial charge in [0.25, 0.3) is 0 Å². The summed E-state index contributed by atoms with van der Waals surface area (Å²) in [5.41, 5.74) is 1.08. The van der Waals surface area contributed by atoms with Gasteiger partial charge < -0.3 is 5.32 Å². The van der Waals surface area contributed by atoms with E-state index in [9.17, 15) is 8.42 Å². The first kappa shape index (κ1) is 15.9. The molecule has 0 saturated carbocycles. The predicted molar refractivity (Wildman–Crippen MR) is 82.4 cm³/mol. The van der Waals surface area contributed by atoms with Crippen LogP contribution in [-0.2, 0) is 16.6 Å². The van der Waals surface area contributed by atoms with Crippen molar-refractivity contribution in [1.82, 2.24) is 14.6 Å². The van der Waals surface area contributed by atoms with Crippen LogP contribution in [0.15, 0.2) is 5.38 Å². The molecular weight excluding hydrogens is 294 g/mol. The van der Waals surface area contributed by atoms with Gasteiger partial charge in [-0.15, -0.1) is 11.3 Å². The smallest absolute Gasteiger partial charge is 0.214 e. The van der Waals surface area contributed by atoms with E-state index < -0.39 is 10.0 Å². The number of rotatable bonds is 6. The number of hydrogen-bond acceptors (Lipinski definition) is 5. The molecule has 1 fully saturated rings. The number of nitrogens with one attached hydrogen (secondary N) is 1. The molecule has 0 radical (unpaired) electrons. The lowest BCUT2D eigenvalue weighted by Gasteiger charge is -2.31. The van der Waals surface area contributed by atoms with Gasteiger partial charge in [0.05, 0.1) is 16.5 Å². The summed E-state index contributed by atoms with van der Waals surface area (Å²) in [6.45, 7) is 5.95. The minimum atomic E-state index is -3.03. The molecule has 0 unspecified atom stereocenters. The Labute approximate surface area is 125 Å². The van der Waals surface area contributed by atoms with Gasteiger partial charge in [0.15, 0.2) is 0 Å². The van der Waals surface area contributed by atoms with E-state index in [-0.39, 0.29) is 5.75 Å². The van der Waals surface area contributed by atoms with Gasteiger partial charge in [-0.2, -0.15) is 0 Å². The van der Waals surface area contributed by atoms with Crippen molar-refractivity contribution in [1.29, 1.82) is 0 Å². The van der Waals surface area contributed by atoms with Crippen molar-refractivity contribution in [3.63, 3.8) is 0 Å². The fraction of sp³-hybridized carbons (Fsp3) is 0.769. The molecule has 20 heavy (non-hydrogen) atoms. The molecule has 0 amide bonds. The Morgan fingerprint density at radius 3 is 2.70 bits per heavy atom. The van der Waals surface area contributed by atoms with Crippen molar-refractivity contribution >= 4 is 21.4 Å². The molecule has 1 aliphatic rings. The van der Waals surface area contributed by atoms with Crippen LogP contribution in [0, 0.1) is 6.92 Å². The number of aryl methyl sites for hydroxylation is 1. The standard InChI is InChI=1S/C13H23N3O2S2/c1-3-8-20(17,18)16-6-4-12(5-7-16)14-9-13-10-19-11(2)15-13/h10,12,14H,3-9H2,1-2H3. The van der Waals surface area contributed by atoms with Crippen LogP contribution >= 0.6 is 11.3 Å². The van der Waals surface area contributed by atoms with Crippen LogP contribution in [0.2, 0.25) is 0 Å². The Bertz CT molecular complexity index is 519. The van der Waals surface area contributed by atoms with Crippen molar-refractivity contribution in [2.24, 2.45) is 0 Å². The molecule has 0 aliphatic carbocycles. The number of sulfonamides is 1. The van der Waals surface area contributed by atoms with Crippen LogP contribution in [-0.4, -0.2) is 42.6 Å². The molecule has 1 N–H and O–H groups in total. The Morgan fingerprint density at radius 1 is 1.45 bits per heavy atom. The highest BCUT2D eigenvalue weighted by Gasteiger charge is 2.26. The average Bonchev–Trinajstić information content (AvgIpc) is 2.83. The molecule has 0 bridgehead atoms. The second-order valence-electron chi connectivity index (χ2n) is 5.23. The van der Waals surface area contributed by atoms with E-state index in [0.717, 1.165) is 30.1 Å². The topological polar surface area (TPSA) is 62.3 Å². The van der Waals surface area contributed by atoms with Gasteiger partial charge in [0.2, 0.25) is 10.0 Å². The highest BCUT2D eigenvalue weighted by atomic mass is 32.2. The molecule has 0 spiro atoms. The Morgan fingerprint density at radius 2 is 2.15 bits per heavy atom. The summed E-state index contributed by atoms with van der Waals surface area (Å²) in [5.74, 6) is 0.267. The van der Waals surface area contributed by atoms with Crippen LogP contribution in [0.5, 0.6) is 0 Å². The fourth-order valence-corrected chi connectivity index (χ4v) is 4.62. The van der Waals surface area contributed by atoms with E-state index in [2.05, 4.69) is 15.7 Å². The number of thiazole rings is 1. The normalized spacial score (nSPS) is 18.5. The molecule has 0 atom stereocenters. The van der Waals surface area contributed by atoms with E-state index in [1.807, 2.05) is 13.8 Å². The summed E-state index contributed by atoms with van der Waals surface area (Å²) >= 11 is 1.66. The van der Waals surface area contributed by atoms with Crippen LogP contribution in [0.4, 0.5) is 0 Å². The third-order valence-corrected chi connectivity index (χ3v) is 6.45. The summed E-state index contributed by atoms with van der Waals surface area (Å²) in [6.07, 6.45) is 2.45. The van der Waals surface area contributed by atoms with Gasteiger partial charge in [-0.1, -0.05) is 6.92 Å². The second kappa shape index (κ2) is 6.98. The maximum atomic E-state index is 12.0. The maximum Gasteiger partial charge on any atom is 0.214 e. The lowest BCUT2D eigenvalue weighted by molar-refractivity contribution is 0.288. The number of piperidine rings is 1. The minimum absolute atomic E-state index is 0.267. The lowest BCUT2D eigenvalue weighted by atomic mass is 10.1. The van der Waals surface area contributed by atoms with E-state index in [0.29, 0.717) is 25.6 Å². The Hall–Kier alpha value is -0.500. The lowest BCUT2D eigenvalue weighted by Crippen LogP contribution is -2.45. The van der Waals surface area contributed by atoms with Crippen LogP contribution in [0.1, 0.15) is 36.9 Å². The first-order valence-corrected chi connectivity index (χ1v) is 9.62. The highest BCUT2D eigenvalue weighted by Crippen LogP contribution is 2.16. The molecule has 0 aromatic carbocycles. The van der Waals surface area contributed by atoms with E-state index in [4.69, 9.17) is 0 Å². The van der Waals surface area contributed by atoms with E-state index in [1.165, 1.54) is 0 Å². The Balaban J connectivity index is 1.77. The third kappa shape index (κ3) is 4.25. The first-order valence-electron chi connectivity index (χ1n) is 7.13. The number of aromatic nitrogens is 1. The van der Waals surface area contributed by atoms with Crippen molar-refractivity contribution in [2.75, 3.05) is 18.8 Å². The molecule has 1 aliphatic heterocycles. The van der Waals surface area contributed by atoms with Crippen molar-refractivity contribution < 1.29 is 8.42 Å². The number of hydrogen-bond donors (Lipinski definition) is 1. The van der Waals surface area contributed by atoms with Gasteiger partial charge in [-0.05, 0) is 26.2 Å². The molecule has 2 heterocycles. The molecule has 7 heteroatoms. The van der Waals surface area contributed by atoms with Gasteiger partial charge in [0, 0.05) is 31.1 Å². The quantitative estimate of drug-likeness (QED) is 0.868. The zero-order chi connectivity index (χ0) is 14.6. The summed E-state index contributed by atoms with van der Waals surface area (Å²) in [5, 5.41) is 6.64. The fourth-order valence-electron chi connectivity index (χ4n) is 2.46. The average molecular weight is 317 g/mol. The molecule has 1 saturated heterocycles. The maximum absolute atomic E-state index is 12.0. The van der Waals surface area contributed by atoms with Crippen LogP contribution < -0.4 is 5.32 Å². The number of nitrogens with zero attached hydrogens (tertiary/aromatic N) is 2. The van der Waals surface area contributed by atoms with Gasteiger partial charge in [0.1, 0.15) is 0 Å². The predicted octanol–water partition coefficient (Wildman–Crippen LogP) is 1.75. The van der Waals surface area contributed by atoms with Gasteiger partial charge in [-0.3, -0.25) is 0 Å². The largest absolute Gasteiger partial charge is 0.308 e. The van der Waals surface area contributed by atoms with Crippen molar-refractivity contribution in [2.45, 2.75) is 45.7 Å². The first-order chi connectivity index (χ1) is 9.51. The van der Waals surface area contributed by atoms with E-state index >= 15 is 0 Å². The van der Waals surface area contributed by atoms with Crippen molar-refractivity contribution in [3.05, 3.63) is 16.1 Å². The Kier molecular flexibility index (Phi) is 5.54. The van der Waals surface area contributed by atoms with Gasteiger partial charge in [-0.25, -0.2) is 17.7 Å². The summed E-state index contributed by atoms with van der Waals surface area (Å²) in [4.78, 5) is 4.42. The van der Waals surface area contributed by atoms with Gasteiger partial charge >= 0.3 is 0 Å². The summed E-state index contributed by atoms with van der Waals surface area (Å²) < 4.78 is 25.6. The molecule has 114 valence electrons. The van der Waals surface area contributed by atoms with Crippen LogP contribution in [0.25, 0.3) is 0 Å². The molecule has 5 nitrogen and oxygen atoms in total. The van der Waals surface area contributed by atoms with Crippen molar-refractivity contribution in [3.8, 4) is 0 Å². The molecule has 2 rings (SSSR count). The minimum Gasteiger partial charge on any atom is -0.308 e. The third-order valence-electron chi connectivity index (χ3n) is 3.55. The molecular formula is C13H23N3O2S2. The monoisotopic (exact) mass is 317 g/mol. The summed E-state index contributed by atoms with van der Waals surface area (Å²) in [6, 6.07) is 0.394. The zero-order valence-electron chi connectivity index (χ0n) is 12.1. The zero-order valence-corrected chi connectivity index (χ0v) is 13.8. The SMILES string of the molecule is CCCS(=O)(=O)N1CCC(NCc2csc(C)n2)CC1. The highest BCUT2D eigenvalue weighted by molar-refractivity contribution is 7.89. The summed E-state index contributed by atoms with van der Waals surface area (Å²) in [7, 11) is -3.03. The van der Waals surface area contributed by atoms with E-state index in [1.54, 1.807) is 15.6 Å². The second-order valence-corrected chi connectivity index (χ2v) is 8.38. The molecule has 1 aromatic rings. The van der Waals surface area contributed by atoms with Crippen LogP contribution in [0.3, 0.4) is 0 Å². The molecule has 1 aromatic heterocycles.